The van der Waals surface area contributed by atoms with Gasteiger partial charge >= 0.3 is 0 Å². The van der Waals surface area contributed by atoms with Crippen molar-refractivity contribution < 1.29 is 4.74 Å². The number of hydrogen-bond donors (Lipinski definition) is 1. The first-order valence-corrected chi connectivity index (χ1v) is 7.21. The molecular weight excluding hydrogens is 258 g/mol. The Hall–Kier alpha value is -1.46. The molecule has 4 nitrogen and oxygen atoms in total. The number of hydrogen-bond acceptors (Lipinski definition) is 5. The number of benzene rings is 1. The maximum atomic E-state index is 5.18. The van der Waals surface area contributed by atoms with Crippen molar-refractivity contribution in [2.24, 2.45) is 0 Å². The number of aryl methyl sites for hydroxylation is 1. The highest BCUT2D eigenvalue weighted by Gasteiger charge is 2.10. The molecule has 5 heteroatoms. The van der Waals surface area contributed by atoms with E-state index in [0.29, 0.717) is 6.04 Å². The van der Waals surface area contributed by atoms with Crippen LogP contribution in [0.25, 0.3) is 0 Å². The summed E-state index contributed by atoms with van der Waals surface area (Å²) < 4.78 is 5.18. The highest BCUT2D eigenvalue weighted by molar-refractivity contribution is 7.11. The lowest BCUT2D eigenvalue weighted by atomic mass is 10.0. The molecular formula is C14H19N3OS. The molecule has 0 aliphatic carbocycles. The molecule has 0 aliphatic heterocycles. The second-order valence-electron chi connectivity index (χ2n) is 4.33. The van der Waals surface area contributed by atoms with Gasteiger partial charge in [-0.2, -0.15) is 0 Å². The minimum absolute atomic E-state index is 0.329. The lowest BCUT2D eigenvalue weighted by molar-refractivity contribution is 0.414. The molecule has 1 unspecified atom stereocenters. The quantitative estimate of drug-likeness (QED) is 0.881. The molecule has 0 saturated carbocycles. The monoisotopic (exact) mass is 277 g/mol. The lowest BCUT2D eigenvalue weighted by Crippen LogP contribution is -2.20. The van der Waals surface area contributed by atoms with Crippen LogP contribution < -0.4 is 10.1 Å². The summed E-state index contributed by atoms with van der Waals surface area (Å²) >= 11 is 1.64. The normalized spacial score (nSPS) is 12.4. The molecule has 0 amide bonds. The molecule has 2 rings (SSSR count). The van der Waals surface area contributed by atoms with Crippen LogP contribution in [0.2, 0.25) is 0 Å². The topological polar surface area (TPSA) is 47.0 Å². The number of methoxy groups -OCH3 is 1. The smallest absolute Gasteiger partial charge is 0.131 e. The van der Waals surface area contributed by atoms with Crippen LogP contribution in [0.5, 0.6) is 5.75 Å². The number of nitrogens with one attached hydrogen (secondary N) is 1. The number of nitrogens with zero attached hydrogens (tertiary/aromatic N) is 2. The molecule has 1 atom stereocenters. The molecule has 1 heterocycles. The summed E-state index contributed by atoms with van der Waals surface area (Å²) in [6, 6.07) is 8.52. The van der Waals surface area contributed by atoms with Crippen LogP contribution in [-0.4, -0.2) is 17.3 Å². The highest BCUT2D eigenvalue weighted by atomic mass is 32.1. The third-order valence-corrected chi connectivity index (χ3v) is 3.83. The van der Waals surface area contributed by atoms with E-state index < -0.39 is 0 Å². The Kier molecular flexibility index (Phi) is 4.87. The first-order chi connectivity index (χ1) is 9.22. The first-order valence-electron chi connectivity index (χ1n) is 6.39. The van der Waals surface area contributed by atoms with Gasteiger partial charge in [-0.3, -0.25) is 0 Å². The standard InChI is InChI=1S/C14H19N3OS/c1-4-13(11-5-7-12(18-3)8-6-11)15-9-14-17-16-10(2)19-14/h5-8,13,15H,4,9H2,1-3H3. The summed E-state index contributed by atoms with van der Waals surface area (Å²) in [7, 11) is 1.68. The maximum absolute atomic E-state index is 5.18. The molecule has 1 aromatic carbocycles. The van der Waals surface area contributed by atoms with Gasteiger partial charge in [0.15, 0.2) is 0 Å². The second-order valence-corrected chi connectivity index (χ2v) is 5.60. The van der Waals surface area contributed by atoms with Crippen molar-refractivity contribution in [1.29, 1.82) is 0 Å². The van der Waals surface area contributed by atoms with Crippen LogP contribution in [0.1, 0.15) is 35.0 Å². The fourth-order valence-corrected chi connectivity index (χ4v) is 2.61. The molecule has 0 fully saturated rings. The van der Waals surface area contributed by atoms with E-state index in [2.05, 4.69) is 34.6 Å². The van der Waals surface area contributed by atoms with E-state index in [9.17, 15) is 0 Å². The highest BCUT2D eigenvalue weighted by Crippen LogP contribution is 2.20. The molecule has 1 aromatic heterocycles. The van der Waals surface area contributed by atoms with Gasteiger partial charge in [-0.1, -0.05) is 19.1 Å². The Balaban J connectivity index is 1.98. The second kappa shape index (κ2) is 6.63. The van der Waals surface area contributed by atoms with Gasteiger partial charge in [0.2, 0.25) is 0 Å². The third-order valence-electron chi connectivity index (χ3n) is 2.99. The fraction of sp³-hybridized carbons (Fsp3) is 0.429. The van der Waals surface area contributed by atoms with Crippen molar-refractivity contribution in [2.75, 3.05) is 7.11 Å². The molecule has 0 spiro atoms. The third kappa shape index (κ3) is 3.75. The van der Waals surface area contributed by atoms with Crippen LogP contribution >= 0.6 is 11.3 Å². The Bertz CT molecular complexity index is 510. The van der Waals surface area contributed by atoms with Gasteiger partial charge in [0, 0.05) is 6.04 Å². The van der Waals surface area contributed by atoms with Crippen LogP contribution in [0, 0.1) is 6.92 Å². The van der Waals surface area contributed by atoms with Crippen molar-refractivity contribution in [3.8, 4) is 5.75 Å². The zero-order valence-electron chi connectivity index (χ0n) is 11.5. The molecule has 2 aromatic rings. The Morgan fingerprint density at radius 2 is 2.00 bits per heavy atom. The number of rotatable bonds is 6. The molecule has 0 saturated heterocycles. The molecule has 19 heavy (non-hydrogen) atoms. The van der Waals surface area contributed by atoms with Crippen molar-refractivity contribution >= 4 is 11.3 Å². The molecule has 0 radical (unpaired) electrons. The van der Waals surface area contributed by atoms with Gasteiger partial charge in [0.25, 0.3) is 0 Å². The van der Waals surface area contributed by atoms with Gasteiger partial charge in [0.05, 0.1) is 13.7 Å². The van der Waals surface area contributed by atoms with Crippen LogP contribution in [0.4, 0.5) is 0 Å². The summed E-state index contributed by atoms with van der Waals surface area (Å²) in [6.07, 6.45) is 1.03. The minimum atomic E-state index is 0.329. The van der Waals surface area contributed by atoms with E-state index in [1.807, 2.05) is 19.1 Å². The summed E-state index contributed by atoms with van der Waals surface area (Å²) in [6.45, 7) is 4.91. The summed E-state index contributed by atoms with van der Waals surface area (Å²) in [4.78, 5) is 0. The van der Waals surface area contributed by atoms with E-state index >= 15 is 0 Å². The molecule has 1 N–H and O–H groups in total. The zero-order chi connectivity index (χ0) is 13.7. The summed E-state index contributed by atoms with van der Waals surface area (Å²) in [5.74, 6) is 0.887. The van der Waals surface area contributed by atoms with Crippen LogP contribution in [-0.2, 0) is 6.54 Å². The van der Waals surface area contributed by atoms with Crippen molar-refractivity contribution in [2.45, 2.75) is 32.9 Å². The first kappa shape index (κ1) is 14.0. The lowest BCUT2D eigenvalue weighted by Gasteiger charge is -2.16. The molecule has 102 valence electrons. The van der Waals surface area contributed by atoms with Gasteiger partial charge < -0.3 is 10.1 Å². The average molecular weight is 277 g/mol. The summed E-state index contributed by atoms with van der Waals surface area (Å²) in [5, 5.41) is 13.7. The predicted octanol–water partition coefficient (Wildman–Crippen LogP) is 3.10. The van der Waals surface area contributed by atoms with Gasteiger partial charge in [-0.25, -0.2) is 0 Å². The largest absolute Gasteiger partial charge is 0.497 e. The van der Waals surface area contributed by atoms with E-state index in [1.165, 1.54) is 5.56 Å². The average Bonchev–Trinajstić information content (AvgIpc) is 2.86. The van der Waals surface area contributed by atoms with Crippen molar-refractivity contribution in [1.82, 2.24) is 15.5 Å². The van der Waals surface area contributed by atoms with E-state index in [-0.39, 0.29) is 0 Å². The number of ether oxygens (including phenoxy) is 1. The van der Waals surface area contributed by atoms with E-state index in [0.717, 1.165) is 28.7 Å². The SMILES string of the molecule is CCC(NCc1nnc(C)s1)c1ccc(OC)cc1. The van der Waals surface area contributed by atoms with Crippen LogP contribution in [0.15, 0.2) is 24.3 Å². The van der Waals surface area contributed by atoms with Crippen molar-refractivity contribution in [3.63, 3.8) is 0 Å². The Labute approximate surface area is 117 Å². The van der Waals surface area contributed by atoms with E-state index in [4.69, 9.17) is 4.74 Å². The summed E-state index contributed by atoms with van der Waals surface area (Å²) in [5.41, 5.74) is 1.27. The molecule has 0 bridgehead atoms. The maximum Gasteiger partial charge on any atom is 0.131 e. The fourth-order valence-electron chi connectivity index (χ4n) is 1.95. The van der Waals surface area contributed by atoms with Gasteiger partial charge in [-0.05, 0) is 31.0 Å². The zero-order valence-corrected chi connectivity index (χ0v) is 12.3. The molecule has 0 aliphatic rings. The van der Waals surface area contributed by atoms with E-state index in [1.54, 1.807) is 18.4 Å². The minimum Gasteiger partial charge on any atom is -0.497 e. The van der Waals surface area contributed by atoms with Gasteiger partial charge in [0.1, 0.15) is 15.8 Å². The Morgan fingerprint density at radius 3 is 2.53 bits per heavy atom. The number of aromatic nitrogens is 2. The van der Waals surface area contributed by atoms with Gasteiger partial charge in [-0.15, -0.1) is 21.5 Å². The van der Waals surface area contributed by atoms with Crippen LogP contribution in [0.3, 0.4) is 0 Å². The van der Waals surface area contributed by atoms with Crippen molar-refractivity contribution in [3.05, 3.63) is 39.8 Å². The Morgan fingerprint density at radius 1 is 1.26 bits per heavy atom. The predicted molar refractivity (Wildman–Crippen MR) is 77.5 cm³/mol.